The number of benzene rings is 2. The first-order valence-electron chi connectivity index (χ1n) is 11.4. The van der Waals surface area contributed by atoms with Crippen LogP contribution in [0.3, 0.4) is 0 Å². The monoisotopic (exact) mass is 425 g/mol. The average Bonchev–Trinajstić information content (AvgIpc) is 2.74. The van der Waals surface area contributed by atoms with Gasteiger partial charge in [-0.1, -0.05) is 81.4 Å². The third kappa shape index (κ3) is 5.41. The molecule has 4 heteroatoms. The van der Waals surface area contributed by atoms with Crippen molar-refractivity contribution in [2.24, 2.45) is 11.7 Å². The Labute approximate surface area is 184 Å². The summed E-state index contributed by atoms with van der Waals surface area (Å²) in [4.78, 5) is 0. The summed E-state index contributed by atoms with van der Waals surface area (Å²) in [6.45, 7) is 10.5. The summed E-state index contributed by atoms with van der Waals surface area (Å²) in [6, 6.07) is 22.0. The minimum Gasteiger partial charge on any atom is -0.407 e. The van der Waals surface area contributed by atoms with Gasteiger partial charge in [-0.15, -0.1) is 0 Å². The van der Waals surface area contributed by atoms with Crippen molar-refractivity contribution in [3.8, 4) is 0 Å². The summed E-state index contributed by atoms with van der Waals surface area (Å²) < 4.78 is 13.1. The van der Waals surface area contributed by atoms with Gasteiger partial charge < -0.3 is 14.9 Å². The van der Waals surface area contributed by atoms with Crippen LogP contribution in [-0.2, 0) is 9.16 Å². The van der Waals surface area contributed by atoms with E-state index in [9.17, 15) is 0 Å². The Balaban J connectivity index is 1.78. The fraction of sp³-hybridized carbons (Fsp3) is 0.538. The van der Waals surface area contributed by atoms with E-state index in [-0.39, 0.29) is 11.1 Å². The molecule has 2 aromatic carbocycles. The molecule has 0 aromatic heterocycles. The smallest absolute Gasteiger partial charge is 0.261 e. The molecule has 0 amide bonds. The maximum absolute atomic E-state index is 7.12. The van der Waals surface area contributed by atoms with Gasteiger partial charge in [-0.2, -0.15) is 0 Å². The van der Waals surface area contributed by atoms with Crippen molar-refractivity contribution in [1.82, 2.24) is 0 Å². The first-order valence-corrected chi connectivity index (χ1v) is 13.4. The molecule has 2 N–H and O–H groups in total. The Kier molecular flexibility index (Phi) is 7.91. The predicted molar refractivity (Wildman–Crippen MR) is 129 cm³/mol. The summed E-state index contributed by atoms with van der Waals surface area (Å²) in [5.74, 6) is 0.599. The molecule has 30 heavy (non-hydrogen) atoms. The largest absolute Gasteiger partial charge is 0.407 e. The number of hydrogen-bond donors (Lipinski definition) is 1. The van der Waals surface area contributed by atoms with Crippen LogP contribution in [-0.4, -0.2) is 33.7 Å². The molecule has 0 spiro atoms. The number of rotatable bonds is 8. The molecular weight excluding hydrogens is 386 g/mol. The van der Waals surface area contributed by atoms with Gasteiger partial charge in [-0.25, -0.2) is 0 Å². The van der Waals surface area contributed by atoms with Gasteiger partial charge in [0.25, 0.3) is 8.32 Å². The zero-order valence-corrected chi connectivity index (χ0v) is 20.1. The Morgan fingerprint density at radius 3 is 1.83 bits per heavy atom. The fourth-order valence-corrected chi connectivity index (χ4v) is 9.40. The summed E-state index contributed by atoms with van der Waals surface area (Å²) >= 11 is 0. The molecule has 1 atom stereocenters. The summed E-state index contributed by atoms with van der Waals surface area (Å²) in [5.41, 5.74) is 5.84. The van der Waals surface area contributed by atoms with E-state index in [1.165, 1.54) is 23.2 Å². The molecule has 0 bridgehead atoms. The Morgan fingerprint density at radius 2 is 1.40 bits per heavy atom. The molecule has 1 saturated carbocycles. The first-order chi connectivity index (χ1) is 14.3. The minimum atomic E-state index is -2.43. The zero-order valence-electron chi connectivity index (χ0n) is 19.1. The zero-order chi connectivity index (χ0) is 21.6. The van der Waals surface area contributed by atoms with Crippen LogP contribution in [0.15, 0.2) is 60.7 Å². The van der Waals surface area contributed by atoms with E-state index in [2.05, 4.69) is 81.4 Å². The lowest BCUT2D eigenvalue weighted by Crippen LogP contribution is -2.67. The van der Waals surface area contributed by atoms with Gasteiger partial charge in [0, 0.05) is 12.6 Å². The molecular formula is C26H39NO2Si. The third-order valence-corrected chi connectivity index (χ3v) is 11.3. The Morgan fingerprint density at radius 1 is 0.900 bits per heavy atom. The van der Waals surface area contributed by atoms with Crippen LogP contribution in [0.1, 0.15) is 53.4 Å². The van der Waals surface area contributed by atoms with E-state index < -0.39 is 8.32 Å². The van der Waals surface area contributed by atoms with Crippen LogP contribution in [0, 0.1) is 5.92 Å². The van der Waals surface area contributed by atoms with Gasteiger partial charge in [-0.05, 0) is 53.9 Å². The second kappa shape index (κ2) is 10.2. The quantitative estimate of drug-likeness (QED) is 0.634. The lowest BCUT2D eigenvalue weighted by molar-refractivity contribution is 0.00771. The molecule has 0 heterocycles. The van der Waals surface area contributed by atoms with Gasteiger partial charge in [0.05, 0.1) is 12.7 Å². The van der Waals surface area contributed by atoms with Crippen LogP contribution >= 0.6 is 0 Å². The molecule has 1 unspecified atom stereocenters. The summed E-state index contributed by atoms with van der Waals surface area (Å²) in [7, 11) is -2.43. The molecule has 3 rings (SSSR count). The number of ether oxygens (including phenoxy) is 1. The normalized spacial score (nSPS) is 21.4. The molecule has 0 aliphatic heterocycles. The average molecular weight is 426 g/mol. The van der Waals surface area contributed by atoms with Gasteiger partial charge in [0.1, 0.15) is 0 Å². The maximum Gasteiger partial charge on any atom is 0.261 e. The highest BCUT2D eigenvalue weighted by Gasteiger charge is 2.50. The maximum atomic E-state index is 7.12. The van der Waals surface area contributed by atoms with E-state index >= 15 is 0 Å². The molecule has 3 nitrogen and oxygen atoms in total. The van der Waals surface area contributed by atoms with E-state index in [0.29, 0.717) is 18.6 Å². The van der Waals surface area contributed by atoms with E-state index in [1.54, 1.807) is 0 Å². The van der Waals surface area contributed by atoms with Crippen molar-refractivity contribution in [3.63, 3.8) is 0 Å². The topological polar surface area (TPSA) is 44.5 Å². The van der Waals surface area contributed by atoms with Gasteiger partial charge in [-0.3, -0.25) is 0 Å². The third-order valence-electron chi connectivity index (χ3n) is 6.34. The van der Waals surface area contributed by atoms with Gasteiger partial charge in [0.2, 0.25) is 0 Å². The Hall–Kier alpha value is -1.46. The van der Waals surface area contributed by atoms with E-state index in [4.69, 9.17) is 14.9 Å². The van der Waals surface area contributed by atoms with Crippen LogP contribution in [0.4, 0.5) is 0 Å². The molecule has 1 aliphatic carbocycles. The van der Waals surface area contributed by atoms with Crippen molar-refractivity contribution in [2.45, 2.75) is 70.6 Å². The molecule has 1 fully saturated rings. The summed E-state index contributed by atoms with van der Waals surface area (Å²) in [5, 5.41) is 2.75. The van der Waals surface area contributed by atoms with E-state index in [1.807, 2.05) is 6.92 Å². The molecule has 2 aromatic rings. The number of hydrogen-bond acceptors (Lipinski definition) is 3. The lowest BCUT2D eigenvalue weighted by atomic mass is 9.88. The highest BCUT2D eigenvalue weighted by atomic mass is 28.4. The van der Waals surface area contributed by atoms with Crippen molar-refractivity contribution < 1.29 is 9.16 Å². The molecule has 0 radical (unpaired) electrons. The van der Waals surface area contributed by atoms with Crippen LogP contribution < -0.4 is 16.1 Å². The highest BCUT2D eigenvalue weighted by molar-refractivity contribution is 6.99. The molecule has 164 valence electrons. The van der Waals surface area contributed by atoms with Crippen LogP contribution in [0.2, 0.25) is 5.04 Å². The standard InChI is InChI=1S/C26H39NO2Si/c1-21(27)19-28-23-17-15-22(16-18-23)20-29-30(26(2,3)4,24-11-7-5-8-12-24)25-13-9-6-10-14-25/h5-14,21-23H,15-20,27H2,1-4H3. The predicted octanol–water partition coefficient (Wildman–Crippen LogP) is 4.49. The van der Waals surface area contributed by atoms with Crippen molar-refractivity contribution in [1.29, 1.82) is 0 Å². The first kappa shape index (κ1) is 23.2. The minimum absolute atomic E-state index is 0.0350. The van der Waals surface area contributed by atoms with Crippen molar-refractivity contribution >= 4 is 18.7 Å². The van der Waals surface area contributed by atoms with Crippen molar-refractivity contribution in [2.75, 3.05) is 13.2 Å². The van der Waals surface area contributed by atoms with Crippen molar-refractivity contribution in [3.05, 3.63) is 60.7 Å². The van der Waals surface area contributed by atoms with Gasteiger partial charge >= 0.3 is 0 Å². The second-order valence-corrected chi connectivity index (χ2v) is 14.2. The Bertz CT molecular complexity index is 710. The number of nitrogens with two attached hydrogens (primary N) is 1. The van der Waals surface area contributed by atoms with Crippen LogP contribution in [0.5, 0.6) is 0 Å². The SMILES string of the molecule is CC(N)COC1CCC(CO[Si](c2ccccc2)(c2ccccc2)C(C)(C)C)CC1. The lowest BCUT2D eigenvalue weighted by Gasteiger charge is -2.44. The van der Waals surface area contributed by atoms with Crippen LogP contribution in [0.25, 0.3) is 0 Å². The summed E-state index contributed by atoms with van der Waals surface area (Å²) in [6.07, 6.45) is 4.92. The highest BCUT2D eigenvalue weighted by Crippen LogP contribution is 2.38. The molecule has 0 saturated heterocycles. The fourth-order valence-electron chi connectivity index (χ4n) is 4.76. The van der Waals surface area contributed by atoms with Gasteiger partial charge in [0.15, 0.2) is 0 Å². The second-order valence-electron chi connectivity index (χ2n) is 9.93. The van der Waals surface area contributed by atoms with E-state index in [0.717, 1.165) is 19.4 Å². The molecule has 1 aliphatic rings.